The highest BCUT2D eigenvalue weighted by molar-refractivity contribution is 5.93. The summed E-state index contributed by atoms with van der Waals surface area (Å²) in [5, 5.41) is 11.5. The number of H-pyrrole nitrogens is 1. The van der Waals surface area contributed by atoms with E-state index in [2.05, 4.69) is 10.3 Å². The van der Waals surface area contributed by atoms with Crippen LogP contribution < -0.4 is 5.32 Å². The largest absolute Gasteiger partial charge is 0.477 e. The van der Waals surface area contributed by atoms with Crippen molar-refractivity contribution in [3.8, 4) is 0 Å². The molecule has 7 heteroatoms. The molecule has 1 rings (SSSR count). The number of aromatic carboxylic acids is 1. The first-order valence-corrected chi connectivity index (χ1v) is 5.67. The average molecular weight is 270 g/mol. The molecule has 106 valence electrons. The van der Waals surface area contributed by atoms with Crippen LogP contribution in [-0.2, 0) is 16.1 Å². The summed E-state index contributed by atoms with van der Waals surface area (Å²) in [4.78, 5) is 25.2. The third-order valence-corrected chi connectivity index (χ3v) is 2.13. The molecule has 3 N–H and O–H groups in total. The molecule has 1 amide bonds. The summed E-state index contributed by atoms with van der Waals surface area (Å²) in [5.74, 6) is -1.12. The minimum atomic E-state index is -1.12. The van der Waals surface area contributed by atoms with E-state index in [9.17, 15) is 9.59 Å². The van der Waals surface area contributed by atoms with Crippen molar-refractivity contribution in [2.45, 2.75) is 33.0 Å². The van der Waals surface area contributed by atoms with Crippen LogP contribution in [-0.4, -0.2) is 34.9 Å². The fourth-order valence-electron chi connectivity index (χ4n) is 1.46. The van der Waals surface area contributed by atoms with E-state index in [0.29, 0.717) is 11.3 Å². The third kappa shape index (κ3) is 4.29. The van der Waals surface area contributed by atoms with Crippen molar-refractivity contribution < 1.29 is 24.2 Å². The normalized spacial score (nSPS) is 11.2. The molecule has 0 fully saturated rings. The van der Waals surface area contributed by atoms with Gasteiger partial charge >= 0.3 is 12.1 Å². The summed E-state index contributed by atoms with van der Waals surface area (Å²) in [5.41, 5.74) is 0.0412. The molecule has 0 radical (unpaired) electrons. The molecule has 0 saturated carbocycles. The molecule has 0 aromatic carbocycles. The van der Waals surface area contributed by atoms with Gasteiger partial charge in [-0.2, -0.15) is 0 Å². The molecule has 1 aromatic heterocycles. The Balaban J connectivity index is 2.89. The van der Waals surface area contributed by atoms with Gasteiger partial charge < -0.3 is 19.6 Å². The summed E-state index contributed by atoms with van der Waals surface area (Å²) >= 11 is 0. The van der Waals surface area contributed by atoms with Crippen molar-refractivity contribution in [2.24, 2.45) is 0 Å². The van der Waals surface area contributed by atoms with E-state index in [4.69, 9.17) is 14.6 Å². The van der Waals surface area contributed by atoms with Gasteiger partial charge in [0.15, 0.2) is 0 Å². The lowest BCUT2D eigenvalue weighted by Crippen LogP contribution is -2.27. The van der Waals surface area contributed by atoms with E-state index in [1.807, 2.05) is 0 Å². The number of carbonyl (C=O) groups excluding carboxylic acids is 1. The Morgan fingerprint density at radius 2 is 2.05 bits per heavy atom. The number of carboxylic acid groups (broad SMARTS) is 1. The number of amides is 1. The van der Waals surface area contributed by atoms with Crippen LogP contribution in [0.3, 0.4) is 0 Å². The molecular weight excluding hydrogens is 252 g/mol. The van der Waals surface area contributed by atoms with Crippen molar-refractivity contribution in [3.05, 3.63) is 17.5 Å². The second-order valence-electron chi connectivity index (χ2n) is 4.92. The van der Waals surface area contributed by atoms with Gasteiger partial charge in [0, 0.05) is 18.9 Å². The molecule has 0 aliphatic heterocycles. The van der Waals surface area contributed by atoms with Gasteiger partial charge in [-0.1, -0.05) is 0 Å². The molecule has 0 unspecified atom stereocenters. The zero-order valence-electron chi connectivity index (χ0n) is 11.4. The number of aromatic nitrogens is 1. The van der Waals surface area contributed by atoms with Gasteiger partial charge in [0.2, 0.25) is 0 Å². The molecule has 19 heavy (non-hydrogen) atoms. The molecule has 1 heterocycles. The van der Waals surface area contributed by atoms with E-state index in [1.165, 1.54) is 13.3 Å². The Morgan fingerprint density at radius 1 is 1.42 bits per heavy atom. The first-order chi connectivity index (χ1) is 8.74. The van der Waals surface area contributed by atoms with Crippen molar-refractivity contribution >= 4 is 17.7 Å². The Kier molecular flexibility index (Phi) is 4.55. The number of nitrogens with one attached hydrogen (secondary N) is 2. The number of hydrogen-bond donors (Lipinski definition) is 3. The lowest BCUT2D eigenvalue weighted by molar-refractivity contribution is 0.0631. The first kappa shape index (κ1) is 15.0. The van der Waals surface area contributed by atoms with Gasteiger partial charge in [-0.3, -0.25) is 5.32 Å². The van der Waals surface area contributed by atoms with Crippen LogP contribution in [0.5, 0.6) is 0 Å². The van der Waals surface area contributed by atoms with Crippen LogP contribution in [0, 0.1) is 0 Å². The number of carboxylic acids is 1. The minimum absolute atomic E-state index is 0.0205. The van der Waals surface area contributed by atoms with Gasteiger partial charge in [-0.05, 0) is 20.8 Å². The van der Waals surface area contributed by atoms with Crippen LogP contribution in [0.25, 0.3) is 0 Å². The lowest BCUT2D eigenvalue weighted by atomic mass is 10.2. The molecule has 7 nitrogen and oxygen atoms in total. The fraction of sp³-hybridized carbons (Fsp3) is 0.500. The van der Waals surface area contributed by atoms with Crippen LogP contribution in [0.4, 0.5) is 10.5 Å². The van der Waals surface area contributed by atoms with Gasteiger partial charge in [0.1, 0.15) is 11.3 Å². The number of anilines is 1. The number of rotatable bonds is 4. The fourth-order valence-corrected chi connectivity index (χ4v) is 1.46. The standard InChI is InChI=1S/C12H18N2O5/c1-12(2,3)19-11(17)14-8-5-13-9(10(15)16)7(8)6-18-4/h5,13H,6H2,1-4H3,(H,14,17)(H,15,16). The van der Waals surface area contributed by atoms with Gasteiger partial charge in [0.05, 0.1) is 12.3 Å². The van der Waals surface area contributed by atoms with E-state index < -0.39 is 17.7 Å². The lowest BCUT2D eigenvalue weighted by Gasteiger charge is -2.19. The van der Waals surface area contributed by atoms with Gasteiger partial charge in [-0.25, -0.2) is 9.59 Å². The second kappa shape index (κ2) is 5.75. The van der Waals surface area contributed by atoms with Crippen molar-refractivity contribution in [1.82, 2.24) is 4.98 Å². The van der Waals surface area contributed by atoms with Gasteiger partial charge in [-0.15, -0.1) is 0 Å². The van der Waals surface area contributed by atoms with Crippen LogP contribution in [0.2, 0.25) is 0 Å². The van der Waals surface area contributed by atoms with Crippen molar-refractivity contribution in [3.63, 3.8) is 0 Å². The highest BCUT2D eigenvalue weighted by Crippen LogP contribution is 2.21. The Labute approximate surface area is 110 Å². The Hall–Kier alpha value is -2.02. The maximum Gasteiger partial charge on any atom is 0.412 e. The number of aromatic amines is 1. The zero-order chi connectivity index (χ0) is 14.6. The molecule has 0 bridgehead atoms. The Morgan fingerprint density at radius 3 is 2.53 bits per heavy atom. The van der Waals surface area contributed by atoms with E-state index in [-0.39, 0.29) is 12.3 Å². The molecule has 0 aliphatic rings. The maximum atomic E-state index is 11.6. The van der Waals surface area contributed by atoms with E-state index in [0.717, 1.165) is 0 Å². The van der Waals surface area contributed by atoms with Crippen LogP contribution in [0.15, 0.2) is 6.20 Å². The molecule has 0 aliphatic carbocycles. The van der Waals surface area contributed by atoms with Crippen molar-refractivity contribution in [2.75, 3.05) is 12.4 Å². The summed E-state index contributed by atoms with van der Waals surface area (Å²) in [6, 6.07) is 0. The monoisotopic (exact) mass is 270 g/mol. The number of carbonyl (C=O) groups is 2. The van der Waals surface area contributed by atoms with Gasteiger partial charge in [0.25, 0.3) is 0 Å². The zero-order valence-corrected chi connectivity index (χ0v) is 11.4. The smallest absolute Gasteiger partial charge is 0.412 e. The summed E-state index contributed by atoms with van der Waals surface area (Å²) in [7, 11) is 1.44. The van der Waals surface area contributed by atoms with E-state index >= 15 is 0 Å². The Bertz CT molecular complexity index is 473. The topological polar surface area (TPSA) is 101 Å². The third-order valence-electron chi connectivity index (χ3n) is 2.13. The minimum Gasteiger partial charge on any atom is -0.477 e. The number of methoxy groups -OCH3 is 1. The highest BCUT2D eigenvalue weighted by atomic mass is 16.6. The number of ether oxygens (including phenoxy) is 2. The predicted molar refractivity (Wildman–Crippen MR) is 68.3 cm³/mol. The predicted octanol–water partition coefficient (Wildman–Crippen LogP) is 2.21. The van der Waals surface area contributed by atoms with Crippen LogP contribution in [0.1, 0.15) is 36.8 Å². The van der Waals surface area contributed by atoms with Crippen LogP contribution >= 0.6 is 0 Å². The molecular formula is C12H18N2O5. The maximum absolute atomic E-state index is 11.6. The summed E-state index contributed by atoms with van der Waals surface area (Å²) in [6.45, 7) is 5.28. The molecule has 0 saturated heterocycles. The first-order valence-electron chi connectivity index (χ1n) is 5.67. The van der Waals surface area contributed by atoms with Crippen molar-refractivity contribution in [1.29, 1.82) is 0 Å². The number of hydrogen-bond acceptors (Lipinski definition) is 4. The quantitative estimate of drug-likeness (QED) is 0.778. The highest BCUT2D eigenvalue weighted by Gasteiger charge is 2.21. The molecule has 1 aromatic rings. The average Bonchev–Trinajstić information content (AvgIpc) is 2.59. The second-order valence-corrected chi connectivity index (χ2v) is 4.92. The molecule has 0 spiro atoms. The van der Waals surface area contributed by atoms with E-state index in [1.54, 1.807) is 20.8 Å². The summed E-state index contributed by atoms with van der Waals surface area (Å²) < 4.78 is 10.0. The molecule has 0 atom stereocenters. The summed E-state index contributed by atoms with van der Waals surface area (Å²) in [6.07, 6.45) is 0.739. The SMILES string of the molecule is COCc1c(NC(=O)OC(C)(C)C)c[nH]c1C(=O)O.